The van der Waals surface area contributed by atoms with Crippen LogP contribution in [0.25, 0.3) is 0 Å². The number of thioether (sulfide) groups is 1. The first-order chi connectivity index (χ1) is 14.8. The Morgan fingerprint density at radius 3 is 2.48 bits per heavy atom. The van der Waals surface area contributed by atoms with Crippen LogP contribution in [0.5, 0.6) is 11.5 Å². The fourth-order valence-corrected chi connectivity index (χ4v) is 4.79. The molecule has 0 aromatic heterocycles. The molecule has 1 amide bonds. The normalized spacial score (nSPS) is 15.2. The fraction of sp³-hybridized carbons (Fsp3) is 0.381. The standard InChI is InChI=1S/C21H25FN2O5S2/c1-14(15-3-5-16(22)6-4-15)23-21(25)18(9-12-30-2)24-31(26,27)17-7-8-19-20(13-17)29-11-10-28-19/h3-8,13-14,18,24H,9-12H2,1-2H3,(H,23,25). The van der Waals surface area contributed by atoms with Gasteiger partial charge in [0.25, 0.3) is 0 Å². The van der Waals surface area contributed by atoms with Crippen molar-refractivity contribution < 1.29 is 27.1 Å². The van der Waals surface area contributed by atoms with Gasteiger partial charge in [-0.1, -0.05) is 12.1 Å². The molecule has 10 heteroatoms. The van der Waals surface area contributed by atoms with Crippen LogP contribution in [0.2, 0.25) is 0 Å². The summed E-state index contributed by atoms with van der Waals surface area (Å²) in [5, 5.41) is 2.81. The van der Waals surface area contributed by atoms with Gasteiger partial charge in [0.15, 0.2) is 11.5 Å². The van der Waals surface area contributed by atoms with Crippen LogP contribution in [0, 0.1) is 5.82 Å². The molecule has 0 bridgehead atoms. The summed E-state index contributed by atoms with van der Waals surface area (Å²) in [6, 6.07) is 8.75. The molecule has 3 rings (SSSR count). The Kier molecular flexibility index (Phi) is 7.79. The maximum atomic E-state index is 13.1. The molecule has 2 unspecified atom stereocenters. The van der Waals surface area contributed by atoms with E-state index in [9.17, 15) is 17.6 Å². The van der Waals surface area contributed by atoms with Crippen LogP contribution in [0.1, 0.15) is 24.9 Å². The molecule has 2 aromatic rings. The minimum absolute atomic E-state index is 0.00900. The average molecular weight is 469 g/mol. The van der Waals surface area contributed by atoms with Gasteiger partial charge in [-0.3, -0.25) is 4.79 Å². The van der Waals surface area contributed by atoms with Crippen LogP contribution < -0.4 is 19.5 Å². The number of rotatable bonds is 9. The maximum Gasteiger partial charge on any atom is 0.241 e. The SMILES string of the molecule is CSCCC(NS(=O)(=O)c1ccc2c(c1)OCCO2)C(=O)NC(C)c1ccc(F)cc1. The van der Waals surface area contributed by atoms with Gasteiger partial charge in [0, 0.05) is 6.07 Å². The summed E-state index contributed by atoms with van der Waals surface area (Å²) < 4.78 is 52.4. The Morgan fingerprint density at radius 1 is 1.13 bits per heavy atom. The molecular weight excluding hydrogens is 443 g/mol. The van der Waals surface area contributed by atoms with Crippen molar-refractivity contribution in [3.05, 3.63) is 53.8 Å². The van der Waals surface area contributed by atoms with Gasteiger partial charge < -0.3 is 14.8 Å². The Bertz CT molecular complexity index is 1010. The van der Waals surface area contributed by atoms with Gasteiger partial charge in [0.2, 0.25) is 15.9 Å². The van der Waals surface area contributed by atoms with Crippen molar-refractivity contribution in [3.63, 3.8) is 0 Å². The van der Waals surface area contributed by atoms with Crippen LogP contribution in [-0.4, -0.2) is 45.6 Å². The van der Waals surface area contributed by atoms with Crippen LogP contribution in [0.15, 0.2) is 47.4 Å². The molecule has 168 valence electrons. The number of carbonyl (C=O) groups is 1. The van der Waals surface area contributed by atoms with Crippen LogP contribution in [0.3, 0.4) is 0 Å². The van der Waals surface area contributed by atoms with Crippen LogP contribution >= 0.6 is 11.8 Å². The monoisotopic (exact) mass is 468 g/mol. The molecular formula is C21H25FN2O5S2. The van der Waals surface area contributed by atoms with E-state index in [1.807, 2.05) is 6.26 Å². The lowest BCUT2D eigenvalue weighted by Crippen LogP contribution is -2.47. The number of benzene rings is 2. The Labute approximate surface area is 185 Å². The Balaban J connectivity index is 1.74. The molecule has 1 aliphatic rings. The van der Waals surface area contributed by atoms with Crippen molar-refractivity contribution in [1.82, 2.24) is 10.0 Å². The highest BCUT2D eigenvalue weighted by molar-refractivity contribution is 7.98. The van der Waals surface area contributed by atoms with E-state index < -0.39 is 28.0 Å². The first-order valence-electron chi connectivity index (χ1n) is 9.77. The number of halogens is 1. The summed E-state index contributed by atoms with van der Waals surface area (Å²) in [6.45, 7) is 2.50. The van der Waals surface area contributed by atoms with Gasteiger partial charge in [0.05, 0.1) is 10.9 Å². The molecule has 1 heterocycles. The summed E-state index contributed by atoms with van der Waals surface area (Å²) in [5.41, 5.74) is 0.716. The van der Waals surface area contributed by atoms with E-state index in [0.717, 1.165) is 0 Å². The van der Waals surface area contributed by atoms with Crippen molar-refractivity contribution in [3.8, 4) is 11.5 Å². The van der Waals surface area contributed by atoms with E-state index >= 15 is 0 Å². The molecule has 0 saturated heterocycles. The fourth-order valence-electron chi connectivity index (χ4n) is 3.07. The van der Waals surface area contributed by atoms with Gasteiger partial charge in [-0.25, -0.2) is 12.8 Å². The minimum Gasteiger partial charge on any atom is -0.486 e. The van der Waals surface area contributed by atoms with Crippen molar-refractivity contribution in [2.24, 2.45) is 0 Å². The average Bonchev–Trinajstić information content (AvgIpc) is 2.76. The third kappa shape index (κ3) is 6.11. The van der Waals surface area contributed by atoms with E-state index in [-0.39, 0.29) is 10.7 Å². The first-order valence-corrected chi connectivity index (χ1v) is 12.6. The number of hydrogen-bond donors (Lipinski definition) is 2. The second-order valence-corrected chi connectivity index (χ2v) is 9.74. The van der Waals surface area contributed by atoms with Gasteiger partial charge in [0.1, 0.15) is 25.1 Å². The third-order valence-corrected chi connectivity index (χ3v) is 6.89. The van der Waals surface area contributed by atoms with Crippen molar-refractivity contribution in [2.45, 2.75) is 30.3 Å². The van der Waals surface area contributed by atoms with E-state index in [1.165, 1.54) is 42.1 Å². The second kappa shape index (κ2) is 10.3. The van der Waals surface area contributed by atoms with Gasteiger partial charge in [-0.05, 0) is 55.2 Å². The molecule has 0 radical (unpaired) electrons. The molecule has 2 atom stereocenters. The maximum absolute atomic E-state index is 13.1. The zero-order valence-electron chi connectivity index (χ0n) is 17.3. The summed E-state index contributed by atoms with van der Waals surface area (Å²) in [7, 11) is -3.98. The molecule has 1 aliphatic heterocycles. The highest BCUT2D eigenvalue weighted by Crippen LogP contribution is 2.32. The summed E-state index contributed by atoms with van der Waals surface area (Å²) >= 11 is 1.51. The number of fused-ring (bicyclic) bond motifs is 1. The lowest BCUT2D eigenvalue weighted by atomic mass is 10.1. The number of sulfonamides is 1. The Hall–Kier alpha value is -2.30. The minimum atomic E-state index is -3.98. The quantitative estimate of drug-likeness (QED) is 0.588. The smallest absolute Gasteiger partial charge is 0.241 e. The van der Waals surface area contributed by atoms with Gasteiger partial charge in [-0.2, -0.15) is 16.5 Å². The molecule has 31 heavy (non-hydrogen) atoms. The van der Waals surface area contributed by atoms with E-state index in [4.69, 9.17) is 9.47 Å². The zero-order chi connectivity index (χ0) is 22.4. The van der Waals surface area contributed by atoms with Gasteiger partial charge in [-0.15, -0.1) is 0 Å². The van der Waals surface area contributed by atoms with Crippen molar-refractivity contribution in [2.75, 3.05) is 25.2 Å². The molecule has 0 spiro atoms. The van der Waals surface area contributed by atoms with Crippen LogP contribution in [0.4, 0.5) is 4.39 Å². The largest absolute Gasteiger partial charge is 0.486 e. The lowest BCUT2D eigenvalue weighted by molar-refractivity contribution is -0.123. The van der Waals surface area contributed by atoms with E-state index in [1.54, 1.807) is 19.1 Å². The highest BCUT2D eigenvalue weighted by Gasteiger charge is 2.27. The first kappa shape index (κ1) is 23.4. The van der Waals surface area contributed by atoms with Crippen LogP contribution in [-0.2, 0) is 14.8 Å². The number of ether oxygens (including phenoxy) is 2. The van der Waals surface area contributed by atoms with Crippen molar-refractivity contribution >= 4 is 27.7 Å². The van der Waals surface area contributed by atoms with Crippen molar-refractivity contribution in [1.29, 1.82) is 0 Å². The lowest BCUT2D eigenvalue weighted by Gasteiger charge is -2.22. The highest BCUT2D eigenvalue weighted by atomic mass is 32.2. The summed E-state index contributed by atoms with van der Waals surface area (Å²) in [6.07, 6.45) is 2.19. The number of hydrogen-bond acceptors (Lipinski definition) is 6. The molecule has 0 fully saturated rings. The predicted molar refractivity (Wildman–Crippen MR) is 117 cm³/mol. The molecule has 2 aromatic carbocycles. The molecule has 2 N–H and O–H groups in total. The Morgan fingerprint density at radius 2 is 1.81 bits per heavy atom. The van der Waals surface area contributed by atoms with E-state index in [0.29, 0.717) is 42.4 Å². The summed E-state index contributed by atoms with van der Waals surface area (Å²) in [5.74, 6) is 0.602. The molecule has 7 nitrogen and oxygen atoms in total. The number of amides is 1. The number of carbonyl (C=O) groups excluding carboxylic acids is 1. The topological polar surface area (TPSA) is 93.7 Å². The van der Waals surface area contributed by atoms with Gasteiger partial charge >= 0.3 is 0 Å². The second-order valence-electron chi connectivity index (χ2n) is 7.04. The molecule has 0 aliphatic carbocycles. The zero-order valence-corrected chi connectivity index (χ0v) is 18.9. The number of nitrogens with one attached hydrogen (secondary N) is 2. The summed E-state index contributed by atoms with van der Waals surface area (Å²) in [4.78, 5) is 12.9. The predicted octanol–water partition coefficient (Wildman–Crippen LogP) is 2.87. The molecule has 0 saturated carbocycles. The van der Waals surface area contributed by atoms with E-state index in [2.05, 4.69) is 10.0 Å². The third-order valence-electron chi connectivity index (χ3n) is 4.78.